The van der Waals surface area contributed by atoms with Crippen molar-refractivity contribution in [3.05, 3.63) is 109 Å². The smallest absolute Gasteiger partial charge is 0.407 e. The number of hydrogen-bond donors (Lipinski definition) is 1. The third-order valence-corrected chi connectivity index (χ3v) is 12.2. The number of amides is 1. The van der Waals surface area contributed by atoms with Crippen LogP contribution in [-0.2, 0) is 15.8 Å². The number of carbonyl (C=O) groups excluding carboxylic acids is 1. The molecule has 0 aliphatic heterocycles. The SMILES string of the molecule is CC(C)(C)[Si](O[C@@H]1CC/C=C\CC[C@@H]1NC(=O)OCc1ccccc1)(c1ccccc1)c1ccccc1. The molecule has 37 heavy (non-hydrogen) atoms. The topological polar surface area (TPSA) is 47.6 Å². The van der Waals surface area contributed by atoms with Gasteiger partial charge in [-0.1, -0.05) is 124 Å². The molecule has 194 valence electrons. The van der Waals surface area contributed by atoms with E-state index >= 15 is 0 Å². The van der Waals surface area contributed by atoms with Crippen LogP contribution in [0.25, 0.3) is 0 Å². The van der Waals surface area contributed by atoms with Gasteiger partial charge in [-0.3, -0.25) is 0 Å². The van der Waals surface area contributed by atoms with E-state index in [1.807, 2.05) is 30.3 Å². The molecule has 0 heterocycles. The Balaban J connectivity index is 1.65. The van der Waals surface area contributed by atoms with Gasteiger partial charge < -0.3 is 14.5 Å². The van der Waals surface area contributed by atoms with Gasteiger partial charge in [-0.15, -0.1) is 0 Å². The lowest BCUT2D eigenvalue weighted by molar-refractivity contribution is 0.101. The average Bonchev–Trinajstić information content (AvgIpc) is 2.90. The number of rotatable bonds is 7. The van der Waals surface area contributed by atoms with Crippen LogP contribution >= 0.6 is 0 Å². The Morgan fingerprint density at radius 3 is 1.86 bits per heavy atom. The third kappa shape index (κ3) is 6.59. The molecular formula is C32H39NO3Si. The zero-order chi connectivity index (χ0) is 26.1. The van der Waals surface area contributed by atoms with Gasteiger partial charge >= 0.3 is 6.09 Å². The fourth-order valence-electron chi connectivity index (χ4n) is 5.30. The van der Waals surface area contributed by atoms with Crippen molar-refractivity contribution in [1.82, 2.24) is 5.32 Å². The quantitative estimate of drug-likeness (QED) is 0.296. The van der Waals surface area contributed by atoms with Gasteiger partial charge in [-0.2, -0.15) is 0 Å². The molecule has 0 saturated carbocycles. The van der Waals surface area contributed by atoms with Crippen molar-refractivity contribution in [2.75, 3.05) is 0 Å². The number of ether oxygens (including phenoxy) is 1. The number of hydrogen-bond acceptors (Lipinski definition) is 3. The van der Waals surface area contributed by atoms with Crippen LogP contribution < -0.4 is 15.7 Å². The summed E-state index contributed by atoms with van der Waals surface area (Å²) in [5.74, 6) is 0. The highest BCUT2D eigenvalue weighted by atomic mass is 28.4. The zero-order valence-corrected chi connectivity index (χ0v) is 23.2. The first-order valence-electron chi connectivity index (χ1n) is 13.3. The van der Waals surface area contributed by atoms with Gasteiger partial charge in [-0.05, 0) is 46.7 Å². The van der Waals surface area contributed by atoms with Crippen molar-refractivity contribution in [1.29, 1.82) is 0 Å². The third-order valence-electron chi connectivity index (χ3n) is 7.14. The molecule has 1 amide bonds. The van der Waals surface area contributed by atoms with E-state index in [1.165, 1.54) is 10.4 Å². The van der Waals surface area contributed by atoms with E-state index in [0.717, 1.165) is 31.2 Å². The molecule has 0 unspecified atom stereocenters. The molecule has 3 aromatic carbocycles. The maximum absolute atomic E-state index is 12.9. The van der Waals surface area contributed by atoms with Crippen molar-refractivity contribution in [3.8, 4) is 0 Å². The van der Waals surface area contributed by atoms with Crippen LogP contribution in [0.4, 0.5) is 4.79 Å². The van der Waals surface area contributed by atoms with Gasteiger partial charge in [-0.25, -0.2) is 4.79 Å². The highest BCUT2D eigenvalue weighted by Gasteiger charge is 2.52. The van der Waals surface area contributed by atoms with Crippen LogP contribution in [0.15, 0.2) is 103 Å². The second-order valence-corrected chi connectivity index (χ2v) is 15.0. The first-order valence-corrected chi connectivity index (χ1v) is 15.2. The molecule has 0 bridgehead atoms. The number of allylic oxidation sites excluding steroid dienone is 2. The van der Waals surface area contributed by atoms with E-state index in [9.17, 15) is 4.79 Å². The number of nitrogens with one attached hydrogen (secondary N) is 1. The second kappa shape index (κ2) is 12.4. The largest absolute Gasteiger partial charge is 0.445 e. The van der Waals surface area contributed by atoms with Crippen LogP contribution in [0.1, 0.15) is 52.0 Å². The van der Waals surface area contributed by atoms with E-state index in [-0.39, 0.29) is 23.8 Å². The minimum Gasteiger partial charge on any atom is -0.445 e. The van der Waals surface area contributed by atoms with Crippen molar-refractivity contribution in [3.63, 3.8) is 0 Å². The molecule has 0 radical (unpaired) electrons. The summed E-state index contributed by atoms with van der Waals surface area (Å²) < 4.78 is 13.1. The van der Waals surface area contributed by atoms with Gasteiger partial charge in [0, 0.05) is 0 Å². The Morgan fingerprint density at radius 1 is 0.811 bits per heavy atom. The van der Waals surface area contributed by atoms with E-state index in [2.05, 4.69) is 98.9 Å². The molecule has 0 aromatic heterocycles. The normalized spacial score (nSPS) is 19.3. The summed E-state index contributed by atoms with van der Waals surface area (Å²) in [4.78, 5) is 12.9. The molecular weight excluding hydrogens is 474 g/mol. The first kappa shape index (κ1) is 26.9. The van der Waals surface area contributed by atoms with Crippen LogP contribution in [-0.4, -0.2) is 26.6 Å². The van der Waals surface area contributed by atoms with Crippen molar-refractivity contribution < 1.29 is 14.0 Å². The molecule has 0 saturated heterocycles. The fraction of sp³-hybridized carbons (Fsp3) is 0.344. The zero-order valence-electron chi connectivity index (χ0n) is 22.2. The van der Waals surface area contributed by atoms with Gasteiger partial charge in [0.1, 0.15) is 6.61 Å². The Kier molecular flexibility index (Phi) is 9.01. The molecule has 2 atom stereocenters. The lowest BCUT2D eigenvalue weighted by atomic mass is 9.98. The minimum atomic E-state index is -2.76. The number of alkyl carbamates (subject to hydrolysis) is 1. The molecule has 4 nitrogen and oxygen atoms in total. The summed E-state index contributed by atoms with van der Waals surface area (Å²) in [7, 11) is -2.76. The number of carbonyl (C=O) groups is 1. The highest BCUT2D eigenvalue weighted by molar-refractivity contribution is 6.99. The van der Waals surface area contributed by atoms with Gasteiger partial charge in [0.15, 0.2) is 0 Å². The van der Waals surface area contributed by atoms with E-state index in [0.29, 0.717) is 0 Å². The fourth-order valence-corrected chi connectivity index (χ4v) is 10.1. The molecule has 0 fully saturated rings. The molecule has 0 spiro atoms. The Hall–Kier alpha value is -3.15. The van der Waals surface area contributed by atoms with Crippen LogP contribution in [0.3, 0.4) is 0 Å². The second-order valence-electron chi connectivity index (χ2n) is 10.8. The Morgan fingerprint density at radius 2 is 1.32 bits per heavy atom. The molecule has 5 heteroatoms. The summed E-state index contributed by atoms with van der Waals surface area (Å²) in [6.07, 6.45) is 7.37. The Bertz CT molecular complexity index is 1100. The molecule has 1 N–H and O–H groups in total. The van der Waals surface area contributed by atoms with Crippen LogP contribution in [0, 0.1) is 0 Å². The maximum Gasteiger partial charge on any atom is 0.407 e. The summed E-state index contributed by atoms with van der Waals surface area (Å²) in [6, 6.07) is 31.0. The van der Waals surface area contributed by atoms with E-state index < -0.39 is 14.4 Å². The standard InChI is InChI=1S/C32H39NO3Si/c1-32(2,3)37(27-19-11-7-12-20-27,28-21-13-8-14-22-28)36-30-24-16-5-4-15-23-29(30)33-31(34)35-25-26-17-9-6-10-18-26/h4-14,17-22,29-30H,15-16,23-25H2,1-3H3,(H,33,34)/b5-4-/t29-,30+/m0/s1. The molecule has 1 aliphatic carbocycles. The summed E-state index contributed by atoms with van der Waals surface area (Å²) in [6.45, 7) is 7.12. The van der Waals surface area contributed by atoms with E-state index in [1.54, 1.807) is 0 Å². The number of benzene rings is 3. The van der Waals surface area contributed by atoms with Crippen molar-refractivity contribution >= 4 is 24.8 Å². The van der Waals surface area contributed by atoms with Crippen molar-refractivity contribution in [2.45, 2.75) is 70.2 Å². The highest BCUT2D eigenvalue weighted by Crippen LogP contribution is 2.38. The summed E-state index contributed by atoms with van der Waals surface area (Å²) in [5.41, 5.74) is 0.971. The molecule has 1 aliphatic rings. The minimum absolute atomic E-state index is 0.133. The van der Waals surface area contributed by atoms with E-state index in [4.69, 9.17) is 9.16 Å². The lowest BCUT2D eigenvalue weighted by Crippen LogP contribution is -2.69. The van der Waals surface area contributed by atoms with Crippen LogP contribution in [0.2, 0.25) is 5.04 Å². The van der Waals surface area contributed by atoms with Gasteiger partial charge in [0.05, 0.1) is 12.1 Å². The predicted octanol–water partition coefficient (Wildman–Crippen LogP) is 6.36. The van der Waals surface area contributed by atoms with Gasteiger partial charge in [0.2, 0.25) is 0 Å². The maximum atomic E-state index is 12.9. The lowest BCUT2D eigenvalue weighted by Gasteiger charge is -2.46. The Labute approximate surface area is 222 Å². The average molecular weight is 514 g/mol. The summed E-state index contributed by atoms with van der Waals surface area (Å²) in [5, 5.41) is 5.55. The van der Waals surface area contributed by atoms with Gasteiger partial charge in [0.25, 0.3) is 8.32 Å². The first-order chi connectivity index (χ1) is 17.9. The molecule has 4 rings (SSSR count). The summed E-state index contributed by atoms with van der Waals surface area (Å²) >= 11 is 0. The predicted molar refractivity (Wildman–Crippen MR) is 154 cm³/mol. The molecule has 3 aromatic rings. The van der Waals surface area contributed by atoms with Crippen LogP contribution in [0.5, 0.6) is 0 Å². The van der Waals surface area contributed by atoms with Crippen molar-refractivity contribution in [2.24, 2.45) is 0 Å². The monoisotopic (exact) mass is 513 g/mol.